The molecule has 3 aromatic rings. The van der Waals surface area contributed by atoms with E-state index >= 15 is 0 Å². The Morgan fingerprint density at radius 2 is 1.33 bits per heavy atom. The summed E-state index contributed by atoms with van der Waals surface area (Å²) in [6.45, 7) is 1.94. The van der Waals surface area contributed by atoms with Gasteiger partial charge in [-0.3, -0.25) is 9.09 Å². The molecule has 1 unspecified atom stereocenters. The Labute approximate surface area is 141 Å². The van der Waals surface area contributed by atoms with E-state index in [9.17, 15) is 9.46 Å². The molecule has 0 radical (unpaired) electrons. The van der Waals surface area contributed by atoms with Gasteiger partial charge in [0.15, 0.2) is 0 Å². The molecule has 24 heavy (non-hydrogen) atoms. The predicted molar refractivity (Wildman–Crippen MR) is 95.4 cm³/mol. The molecular formula is C20H17O3P. The van der Waals surface area contributed by atoms with Gasteiger partial charge in [0.25, 0.3) is 0 Å². The van der Waals surface area contributed by atoms with Crippen LogP contribution in [0.25, 0.3) is 11.1 Å². The number of hydrogen-bond acceptors (Lipinski definition) is 2. The maximum atomic E-state index is 12.8. The van der Waals surface area contributed by atoms with Crippen molar-refractivity contribution in [3.05, 3.63) is 89.5 Å². The first kappa shape index (κ1) is 15.3. The molecule has 4 rings (SSSR count). The van der Waals surface area contributed by atoms with Gasteiger partial charge in [-0.2, -0.15) is 0 Å². The monoisotopic (exact) mass is 336 g/mol. The van der Waals surface area contributed by atoms with Crippen LogP contribution in [-0.4, -0.2) is 4.89 Å². The third-order valence-electron chi connectivity index (χ3n) is 4.39. The van der Waals surface area contributed by atoms with Crippen LogP contribution in [0.5, 0.6) is 0 Å². The van der Waals surface area contributed by atoms with Crippen molar-refractivity contribution in [2.24, 2.45) is 0 Å². The molecule has 0 bridgehead atoms. The van der Waals surface area contributed by atoms with E-state index in [0.29, 0.717) is 5.30 Å². The van der Waals surface area contributed by atoms with Crippen LogP contribution in [0.1, 0.15) is 22.8 Å². The quantitative estimate of drug-likeness (QED) is 0.712. The summed E-state index contributed by atoms with van der Waals surface area (Å²) >= 11 is 0. The highest BCUT2D eigenvalue weighted by Crippen LogP contribution is 2.53. The van der Waals surface area contributed by atoms with Crippen LogP contribution < -0.4 is 5.30 Å². The minimum Gasteiger partial charge on any atom is -0.321 e. The molecule has 3 aromatic carbocycles. The van der Waals surface area contributed by atoms with Crippen molar-refractivity contribution >= 4 is 12.9 Å². The van der Waals surface area contributed by atoms with Gasteiger partial charge < -0.3 is 4.89 Å². The molecule has 0 saturated heterocycles. The average molecular weight is 336 g/mol. The normalized spacial score (nSPS) is 15.6. The van der Waals surface area contributed by atoms with Gasteiger partial charge in [-0.15, -0.1) is 0 Å². The van der Waals surface area contributed by atoms with E-state index in [1.54, 1.807) is 12.1 Å². The minimum absolute atomic E-state index is 0.315. The third-order valence-corrected chi connectivity index (χ3v) is 5.83. The molecule has 1 N–H and O–H groups in total. The summed E-state index contributed by atoms with van der Waals surface area (Å²) in [5, 5.41) is 0.315. The lowest BCUT2D eigenvalue weighted by Gasteiger charge is -2.19. The molecule has 3 nitrogen and oxygen atoms in total. The maximum absolute atomic E-state index is 12.8. The fourth-order valence-electron chi connectivity index (χ4n) is 3.16. The molecule has 120 valence electrons. The summed E-state index contributed by atoms with van der Waals surface area (Å²) in [7, 11) is -3.93. The highest BCUT2D eigenvalue weighted by Gasteiger charge is 2.35. The SMILES string of the molecule is Cc1ccc(P(=O)(O)OC2c3ccccc3-c3ccccc32)cc1. The molecule has 0 fully saturated rings. The molecule has 0 saturated carbocycles. The highest BCUT2D eigenvalue weighted by molar-refractivity contribution is 7.61. The van der Waals surface area contributed by atoms with Gasteiger partial charge in [0, 0.05) is 0 Å². The van der Waals surface area contributed by atoms with E-state index in [1.165, 1.54) is 0 Å². The molecule has 0 spiro atoms. The molecule has 0 heterocycles. The van der Waals surface area contributed by atoms with Crippen molar-refractivity contribution in [1.29, 1.82) is 0 Å². The van der Waals surface area contributed by atoms with Gasteiger partial charge in [0.05, 0.1) is 5.30 Å². The molecule has 0 aromatic heterocycles. The smallest absolute Gasteiger partial charge is 0.321 e. The van der Waals surface area contributed by atoms with Crippen LogP contribution in [0.15, 0.2) is 72.8 Å². The molecule has 1 aliphatic carbocycles. The fourth-order valence-corrected chi connectivity index (χ4v) is 4.32. The number of rotatable bonds is 3. The van der Waals surface area contributed by atoms with E-state index in [1.807, 2.05) is 67.6 Å². The van der Waals surface area contributed by atoms with Crippen molar-refractivity contribution in [3.63, 3.8) is 0 Å². The van der Waals surface area contributed by atoms with Gasteiger partial charge in [-0.25, -0.2) is 0 Å². The van der Waals surface area contributed by atoms with Gasteiger partial charge in [0.1, 0.15) is 6.10 Å². The van der Waals surface area contributed by atoms with Crippen LogP contribution in [0.3, 0.4) is 0 Å². The van der Waals surface area contributed by atoms with Gasteiger partial charge in [0.2, 0.25) is 0 Å². The zero-order valence-corrected chi connectivity index (χ0v) is 14.1. The zero-order valence-electron chi connectivity index (χ0n) is 13.2. The maximum Gasteiger partial charge on any atom is 0.359 e. The molecule has 1 atom stereocenters. The lowest BCUT2D eigenvalue weighted by atomic mass is 10.1. The standard InChI is InChI=1S/C20H17O3P/c1-14-10-12-15(13-11-14)24(21,22)23-20-18-8-4-2-6-16(18)17-7-3-5-9-19(17)20/h2-13,20H,1H3,(H,21,22). The predicted octanol–water partition coefficient (Wildman–Crippen LogP) is 4.59. The second kappa shape index (κ2) is 5.71. The highest BCUT2D eigenvalue weighted by atomic mass is 31.2. The Kier molecular flexibility index (Phi) is 3.65. The Bertz CT molecular complexity index is 902. The summed E-state index contributed by atoms with van der Waals surface area (Å²) in [4.78, 5) is 10.5. The van der Waals surface area contributed by atoms with E-state index in [0.717, 1.165) is 27.8 Å². The van der Waals surface area contributed by atoms with Crippen LogP contribution >= 0.6 is 7.60 Å². The van der Waals surface area contributed by atoms with Crippen molar-refractivity contribution < 1.29 is 14.0 Å². The fraction of sp³-hybridized carbons (Fsp3) is 0.100. The minimum atomic E-state index is -3.93. The van der Waals surface area contributed by atoms with Crippen molar-refractivity contribution in [2.75, 3.05) is 0 Å². The van der Waals surface area contributed by atoms with Crippen LogP contribution in [0, 0.1) is 6.92 Å². The number of hydrogen-bond donors (Lipinski definition) is 1. The Morgan fingerprint density at radius 1 is 0.833 bits per heavy atom. The summed E-state index contributed by atoms with van der Waals surface area (Å²) in [6.07, 6.45) is -0.533. The number of benzene rings is 3. The number of fused-ring (bicyclic) bond motifs is 3. The van der Waals surface area contributed by atoms with Crippen LogP contribution in [-0.2, 0) is 9.09 Å². The van der Waals surface area contributed by atoms with Gasteiger partial charge in [-0.05, 0) is 41.3 Å². The Balaban J connectivity index is 1.77. The summed E-state index contributed by atoms with van der Waals surface area (Å²) in [5.41, 5.74) is 5.01. The van der Waals surface area contributed by atoms with Crippen molar-refractivity contribution in [1.82, 2.24) is 0 Å². The number of aryl methyl sites for hydroxylation is 1. The summed E-state index contributed by atoms with van der Waals surface area (Å²) in [6, 6.07) is 22.7. The van der Waals surface area contributed by atoms with Crippen molar-refractivity contribution in [3.8, 4) is 11.1 Å². The van der Waals surface area contributed by atoms with Crippen LogP contribution in [0.4, 0.5) is 0 Å². The van der Waals surface area contributed by atoms with E-state index in [4.69, 9.17) is 4.52 Å². The zero-order chi connectivity index (χ0) is 16.7. The van der Waals surface area contributed by atoms with E-state index < -0.39 is 13.7 Å². The first-order valence-corrected chi connectivity index (χ1v) is 9.41. The first-order chi connectivity index (χ1) is 11.6. The lowest BCUT2D eigenvalue weighted by Crippen LogP contribution is -2.10. The van der Waals surface area contributed by atoms with E-state index in [2.05, 4.69) is 0 Å². The molecule has 0 amide bonds. The lowest BCUT2D eigenvalue weighted by molar-refractivity contribution is 0.219. The molecular weight excluding hydrogens is 319 g/mol. The topological polar surface area (TPSA) is 46.5 Å². The van der Waals surface area contributed by atoms with Crippen LogP contribution in [0.2, 0.25) is 0 Å². The molecule has 4 heteroatoms. The second-order valence-corrected chi connectivity index (χ2v) is 7.78. The van der Waals surface area contributed by atoms with Gasteiger partial charge in [-0.1, -0.05) is 66.2 Å². The largest absolute Gasteiger partial charge is 0.359 e. The summed E-state index contributed by atoms with van der Waals surface area (Å²) < 4.78 is 18.6. The molecule has 0 aliphatic heterocycles. The van der Waals surface area contributed by atoms with Gasteiger partial charge >= 0.3 is 7.60 Å². The van der Waals surface area contributed by atoms with Crippen molar-refractivity contribution in [2.45, 2.75) is 13.0 Å². The Hall–Kier alpha value is -2.19. The average Bonchev–Trinajstić information content (AvgIpc) is 2.90. The van der Waals surface area contributed by atoms with E-state index in [-0.39, 0.29) is 0 Å². The second-order valence-electron chi connectivity index (χ2n) is 6.02. The third kappa shape index (κ3) is 2.51. The molecule has 1 aliphatic rings. The summed E-state index contributed by atoms with van der Waals surface area (Å²) in [5.74, 6) is 0. The first-order valence-electron chi connectivity index (χ1n) is 7.83. The Morgan fingerprint density at radius 3 is 1.88 bits per heavy atom.